The van der Waals surface area contributed by atoms with Gasteiger partial charge in [0.2, 0.25) is 5.91 Å². The number of hydrogen-bond acceptors (Lipinski definition) is 3. The number of rotatable bonds is 6. The lowest BCUT2D eigenvalue weighted by atomic mass is 10.3. The maximum absolute atomic E-state index is 11.4. The molecular formula is C9H14N2O3. The number of terminal acetylenes is 1. The van der Waals surface area contributed by atoms with Gasteiger partial charge in [0.05, 0.1) is 6.54 Å². The highest BCUT2D eigenvalue weighted by Crippen LogP contribution is 1.93. The molecule has 0 saturated carbocycles. The van der Waals surface area contributed by atoms with E-state index >= 15 is 0 Å². The first kappa shape index (κ1) is 12.5. The van der Waals surface area contributed by atoms with Crippen LogP contribution in [0.3, 0.4) is 0 Å². The molecule has 0 aliphatic carbocycles. The van der Waals surface area contributed by atoms with Gasteiger partial charge in [0, 0.05) is 13.0 Å². The van der Waals surface area contributed by atoms with Crippen LogP contribution in [0.2, 0.25) is 0 Å². The summed E-state index contributed by atoms with van der Waals surface area (Å²) in [6.07, 6.45) is 5.27. The summed E-state index contributed by atoms with van der Waals surface area (Å²) in [5.41, 5.74) is 0. The SMILES string of the molecule is C#CCN(CC(=O)O)C(=O)CCNC. The van der Waals surface area contributed by atoms with Gasteiger partial charge in [-0.05, 0) is 7.05 Å². The minimum absolute atomic E-state index is 0.0366. The number of carboxylic acid groups (broad SMARTS) is 1. The number of amides is 1. The van der Waals surface area contributed by atoms with Crippen molar-refractivity contribution in [2.45, 2.75) is 6.42 Å². The molecule has 0 heterocycles. The van der Waals surface area contributed by atoms with Crippen LogP contribution in [-0.2, 0) is 9.59 Å². The minimum Gasteiger partial charge on any atom is -0.480 e. The third-order valence-electron chi connectivity index (χ3n) is 1.55. The Morgan fingerprint density at radius 3 is 2.64 bits per heavy atom. The highest BCUT2D eigenvalue weighted by molar-refractivity contribution is 5.81. The molecule has 2 N–H and O–H groups in total. The lowest BCUT2D eigenvalue weighted by Gasteiger charge is -2.17. The standard InChI is InChI=1S/C9H14N2O3/c1-3-6-11(7-9(13)14)8(12)4-5-10-2/h1,10H,4-7H2,2H3,(H,13,14). The number of carbonyl (C=O) groups excluding carboxylic acids is 1. The largest absolute Gasteiger partial charge is 0.480 e. The molecule has 5 nitrogen and oxygen atoms in total. The third-order valence-corrected chi connectivity index (χ3v) is 1.55. The van der Waals surface area contributed by atoms with Crippen LogP contribution in [-0.4, -0.2) is 48.6 Å². The molecule has 0 aromatic carbocycles. The molecule has 0 aromatic rings. The van der Waals surface area contributed by atoms with Gasteiger partial charge in [0.1, 0.15) is 6.54 Å². The van der Waals surface area contributed by atoms with E-state index in [1.807, 2.05) is 0 Å². The Labute approximate surface area is 83.1 Å². The van der Waals surface area contributed by atoms with Crippen molar-refractivity contribution in [1.29, 1.82) is 0 Å². The molecule has 78 valence electrons. The summed E-state index contributed by atoms with van der Waals surface area (Å²) in [7, 11) is 1.72. The Kier molecular flexibility index (Phi) is 6.16. The van der Waals surface area contributed by atoms with Crippen molar-refractivity contribution in [3.05, 3.63) is 0 Å². The van der Waals surface area contributed by atoms with Crippen LogP contribution >= 0.6 is 0 Å². The maximum Gasteiger partial charge on any atom is 0.323 e. The topological polar surface area (TPSA) is 69.6 Å². The average molecular weight is 198 g/mol. The molecule has 0 aliphatic rings. The van der Waals surface area contributed by atoms with Gasteiger partial charge in [-0.2, -0.15) is 0 Å². The number of nitrogens with one attached hydrogen (secondary N) is 1. The van der Waals surface area contributed by atoms with Gasteiger partial charge in [-0.15, -0.1) is 6.42 Å². The first-order valence-corrected chi connectivity index (χ1v) is 4.19. The first-order chi connectivity index (χ1) is 6.61. The smallest absolute Gasteiger partial charge is 0.323 e. The average Bonchev–Trinajstić information content (AvgIpc) is 2.13. The van der Waals surface area contributed by atoms with Crippen LogP contribution in [0.1, 0.15) is 6.42 Å². The maximum atomic E-state index is 11.4. The molecule has 1 amide bonds. The van der Waals surface area contributed by atoms with E-state index in [1.165, 1.54) is 0 Å². The van der Waals surface area contributed by atoms with Crippen molar-refractivity contribution in [3.63, 3.8) is 0 Å². The van der Waals surface area contributed by atoms with Gasteiger partial charge in [-0.1, -0.05) is 5.92 Å². The van der Waals surface area contributed by atoms with E-state index in [1.54, 1.807) is 7.05 Å². The second-order valence-corrected chi connectivity index (χ2v) is 2.70. The minimum atomic E-state index is -1.06. The summed E-state index contributed by atoms with van der Waals surface area (Å²) in [6.45, 7) is 0.209. The van der Waals surface area contributed by atoms with E-state index in [9.17, 15) is 9.59 Å². The van der Waals surface area contributed by atoms with Crippen LogP contribution in [0.4, 0.5) is 0 Å². The fourth-order valence-corrected chi connectivity index (χ4v) is 0.896. The Hall–Kier alpha value is -1.54. The molecule has 0 spiro atoms. The van der Waals surface area contributed by atoms with E-state index in [0.29, 0.717) is 6.54 Å². The Morgan fingerprint density at radius 2 is 2.21 bits per heavy atom. The van der Waals surface area contributed by atoms with Gasteiger partial charge in [-0.25, -0.2) is 0 Å². The van der Waals surface area contributed by atoms with Crippen LogP contribution in [0, 0.1) is 12.3 Å². The van der Waals surface area contributed by atoms with Crippen molar-refractivity contribution in [1.82, 2.24) is 10.2 Å². The summed E-state index contributed by atoms with van der Waals surface area (Å²) < 4.78 is 0. The number of carboxylic acids is 1. The van der Waals surface area contributed by atoms with Gasteiger partial charge in [0.15, 0.2) is 0 Å². The number of hydrogen-bond donors (Lipinski definition) is 2. The third kappa shape index (κ3) is 5.17. The van der Waals surface area contributed by atoms with Crippen molar-refractivity contribution in [3.8, 4) is 12.3 Å². The first-order valence-electron chi connectivity index (χ1n) is 4.19. The molecule has 0 fully saturated rings. The summed E-state index contributed by atoms with van der Waals surface area (Å²) in [4.78, 5) is 22.9. The Balaban J connectivity index is 4.12. The van der Waals surface area contributed by atoms with Gasteiger partial charge >= 0.3 is 5.97 Å². The fraction of sp³-hybridized carbons (Fsp3) is 0.556. The van der Waals surface area contributed by atoms with Gasteiger partial charge < -0.3 is 15.3 Å². The monoisotopic (exact) mass is 198 g/mol. The zero-order chi connectivity index (χ0) is 11.0. The highest BCUT2D eigenvalue weighted by atomic mass is 16.4. The Bertz CT molecular complexity index is 245. The summed E-state index contributed by atoms with van der Waals surface area (Å²) in [6, 6.07) is 0. The Morgan fingerprint density at radius 1 is 1.57 bits per heavy atom. The van der Waals surface area contributed by atoms with Crippen LogP contribution in [0.15, 0.2) is 0 Å². The molecule has 0 unspecified atom stereocenters. The van der Waals surface area contributed by atoms with Crippen molar-refractivity contribution < 1.29 is 14.7 Å². The summed E-state index contributed by atoms with van der Waals surface area (Å²) >= 11 is 0. The van der Waals surface area contributed by atoms with E-state index in [2.05, 4.69) is 11.2 Å². The molecule has 0 saturated heterocycles. The molecule has 0 bridgehead atoms. The van der Waals surface area contributed by atoms with Gasteiger partial charge in [-0.3, -0.25) is 9.59 Å². The quantitative estimate of drug-likeness (QED) is 0.545. The second-order valence-electron chi connectivity index (χ2n) is 2.70. The van der Waals surface area contributed by atoms with Crippen molar-refractivity contribution >= 4 is 11.9 Å². The zero-order valence-electron chi connectivity index (χ0n) is 8.12. The summed E-state index contributed by atoms with van der Waals surface area (Å²) in [5, 5.41) is 11.3. The lowest BCUT2D eigenvalue weighted by Crippen LogP contribution is -2.37. The normalized spacial score (nSPS) is 9.14. The molecule has 0 atom stereocenters. The van der Waals surface area contributed by atoms with E-state index in [0.717, 1.165) is 4.90 Å². The van der Waals surface area contributed by atoms with Crippen LogP contribution in [0.25, 0.3) is 0 Å². The molecule has 14 heavy (non-hydrogen) atoms. The predicted octanol–water partition coefficient (Wildman–Crippen LogP) is -0.858. The van der Waals surface area contributed by atoms with Gasteiger partial charge in [0.25, 0.3) is 0 Å². The lowest BCUT2D eigenvalue weighted by molar-refractivity contribution is -0.143. The van der Waals surface area contributed by atoms with E-state index in [4.69, 9.17) is 11.5 Å². The molecule has 0 aromatic heterocycles. The highest BCUT2D eigenvalue weighted by Gasteiger charge is 2.14. The number of nitrogens with zero attached hydrogens (tertiary/aromatic N) is 1. The van der Waals surface area contributed by atoms with Crippen molar-refractivity contribution in [2.75, 3.05) is 26.7 Å². The molecule has 5 heteroatoms. The van der Waals surface area contributed by atoms with Crippen LogP contribution < -0.4 is 5.32 Å². The molecule has 0 aliphatic heterocycles. The summed E-state index contributed by atoms with van der Waals surface area (Å²) in [5.74, 6) is 0.944. The van der Waals surface area contributed by atoms with E-state index < -0.39 is 5.97 Å². The number of carbonyl (C=O) groups is 2. The predicted molar refractivity (Wildman–Crippen MR) is 51.6 cm³/mol. The van der Waals surface area contributed by atoms with Crippen molar-refractivity contribution in [2.24, 2.45) is 0 Å². The van der Waals surface area contributed by atoms with Crippen LogP contribution in [0.5, 0.6) is 0 Å². The molecule has 0 radical (unpaired) electrons. The molecular weight excluding hydrogens is 184 g/mol. The fourth-order valence-electron chi connectivity index (χ4n) is 0.896. The second kappa shape index (κ2) is 6.92. The number of aliphatic carboxylic acids is 1. The molecule has 0 rings (SSSR count). The zero-order valence-corrected chi connectivity index (χ0v) is 8.12. The van der Waals surface area contributed by atoms with E-state index in [-0.39, 0.29) is 25.4 Å².